The Balaban J connectivity index is 1.65. The zero-order valence-electron chi connectivity index (χ0n) is 13.8. The average Bonchev–Trinajstić information content (AvgIpc) is 3.40. The van der Waals surface area contributed by atoms with E-state index in [0.717, 1.165) is 16.8 Å². The molecule has 3 heteroatoms. The van der Waals surface area contributed by atoms with E-state index in [-0.39, 0.29) is 5.56 Å². The second kappa shape index (κ2) is 5.97. The van der Waals surface area contributed by atoms with E-state index < -0.39 is 0 Å². The van der Waals surface area contributed by atoms with Gasteiger partial charge in [0, 0.05) is 25.2 Å². The number of nitrogens with one attached hydrogen (secondary N) is 1. The summed E-state index contributed by atoms with van der Waals surface area (Å²) in [6, 6.07) is 11.4. The van der Waals surface area contributed by atoms with Crippen molar-refractivity contribution in [2.24, 2.45) is 7.05 Å². The summed E-state index contributed by atoms with van der Waals surface area (Å²) >= 11 is 0. The van der Waals surface area contributed by atoms with Gasteiger partial charge in [-0.2, -0.15) is 0 Å². The zero-order chi connectivity index (χ0) is 15.8. The second-order valence-corrected chi connectivity index (χ2v) is 6.95. The van der Waals surface area contributed by atoms with Crippen LogP contribution in [0.25, 0.3) is 11.3 Å². The molecule has 23 heavy (non-hydrogen) atoms. The topological polar surface area (TPSA) is 34.0 Å². The molecule has 0 amide bonds. The van der Waals surface area contributed by atoms with E-state index >= 15 is 0 Å². The number of hydrogen-bond donors (Lipinski definition) is 1. The number of aromatic nitrogens is 1. The van der Waals surface area contributed by atoms with Crippen molar-refractivity contribution in [2.75, 3.05) is 0 Å². The Labute approximate surface area is 137 Å². The van der Waals surface area contributed by atoms with Crippen LogP contribution in [0.15, 0.2) is 35.1 Å². The predicted molar refractivity (Wildman–Crippen MR) is 93.6 cm³/mol. The Kier molecular flexibility index (Phi) is 3.82. The van der Waals surface area contributed by atoms with Crippen molar-refractivity contribution in [1.82, 2.24) is 9.88 Å². The minimum absolute atomic E-state index is 0.119. The summed E-state index contributed by atoms with van der Waals surface area (Å²) in [5.74, 6) is 0. The number of fused-ring (bicyclic) bond motifs is 1. The maximum Gasteiger partial charge on any atom is 0.255 e. The smallest absolute Gasteiger partial charge is 0.255 e. The van der Waals surface area contributed by atoms with Crippen LogP contribution in [0, 0.1) is 0 Å². The van der Waals surface area contributed by atoms with E-state index in [9.17, 15) is 4.79 Å². The van der Waals surface area contributed by atoms with E-state index in [2.05, 4.69) is 29.6 Å². The van der Waals surface area contributed by atoms with Gasteiger partial charge in [-0.05, 0) is 67.3 Å². The highest BCUT2D eigenvalue weighted by atomic mass is 16.1. The normalized spacial score (nSPS) is 17.1. The summed E-state index contributed by atoms with van der Waals surface area (Å²) in [7, 11) is 1.89. The first-order valence-electron chi connectivity index (χ1n) is 8.77. The van der Waals surface area contributed by atoms with E-state index in [0.29, 0.717) is 12.6 Å². The molecule has 3 nitrogen and oxygen atoms in total. The van der Waals surface area contributed by atoms with Crippen LogP contribution in [0.2, 0.25) is 0 Å². The fraction of sp³-hybridized carbons (Fsp3) is 0.450. The number of hydrogen-bond acceptors (Lipinski definition) is 2. The molecule has 1 fully saturated rings. The summed E-state index contributed by atoms with van der Waals surface area (Å²) in [5, 5.41) is 3.43. The third-order valence-electron chi connectivity index (χ3n) is 5.19. The molecule has 1 aromatic heterocycles. The molecule has 1 aromatic carbocycles. The lowest BCUT2D eigenvalue weighted by molar-refractivity contribution is 0.674. The molecule has 1 saturated carbocycles. The van der Waals surface area contributed by atoms with Crippen LogP contribution >= 0.6 is 0 Å². The van der Waals surface area contributed by atoms with E-state index in [1.165, 1.54) is 49.7 Å². The van der Waals surface area contributed by atoms with Gasteiger partial charge in [-0.15, -0.1) is 0 Å². The SMILES string of the molecule is Cn1c(-c2ccc3c(c2)CCCC3)ccc(CNC2CC2)c1=O. The quantitative estimate of drug-likeness (QED) is 0.941. The van der Waals surface area contributed by atoms with E-state index in [4.69, 9.17) is 0 Å². The number of nitrogens with zero attached hydrogens (tertiary/aromatic N) is 1. The summed E-state index contributed by atoms with van der Waals surface area (Å²) < 4.78 is 1.80. The van der Waals surface area contributed by atoms with E-state index in [1.807, 2.05) is 13.1 Å². The van der Waals surface area contributed by atoms with Crippen LogP contribution in [-0.2, 0) is 26.4 Å². The lowest BCUT2D eigenvalue weighted by Crippen LogP contribution is -2.27. The highest BCUT2D eigenvalue weighted by Gasteiger charge is 2.20. The molecule has 1 N–H and O–H groups in total. The van der Waals surface area contributed by atoms with Gasteiger partial charge < -0.3 is 9.88 Å². The van der Waals surface area contributed by atoms with Crippen LogP contribution in [0.5, 0.6) is 0 Å². The van der Waals surface area contributed by atoms with E-state index in [1.54, 1.807) is 4.57 Å². The van der Waals surface area contributed by atoms with Gasteiger partial charge >= 0.3 is 0 Å². The first kappa shape index (κ1) is 14.7. The van der Waals surface area contributed by atoms with Gasteiger partial charge in [0.05, 0.1) is 5.69 Å². The predicted octanol–water partition coefficient (Wildman–Crippen LogP) is 3.18. The van der Waals surface area contributed by atoms with Crippen LogP contribution in [0.1, 0.15) is 42.4 Å². The molecule has 0 unspecified atom stereocenters. The summed E-state index contributed by atoms with van der Waals surface area (Å²) in [4.78, 5) is 12.6. The second-order valence-electron chi connectivity index (χ2n) is 6.95. The molecule has 0 radical (unpaired) electrons. The fourth-order valence-corrected chi connectivity index (χ4v) is 3.55. The minimum Gasteiger partial charge on any atom is -0.311 e. The van der Waals surface area contributed by atoms with Gasteiger partial charge in [-0.3, -0.25) is 4.79 Å². The van der Waals surface area contributed by atoms with Gasteiger partial charge in [-0.1, -0.05) is 18.2 Å². The summed E-state index contributed by atoms with van der Waals surface area (Å²) in [5.41, 5.74) is 6.09. The molecule has 2 aliphatic carbocycles. The molecule has 0 spiro atoms. The van der Waals surface area contributed by atoms with Crippen molar-refractivity contribution in [3.63, 3.8) is 0 Å². The lowest BCUT2D eigenvalue weighted by atomic mass is 9.90. The molecular formula is C20H24N2O. The average molecular weight is 308 g/mol. The molecule has 120 valence electrons. The number of pyridine rings is 1. The molecule has 1 heterocycles. The van der Waals surface area contributed by atoms with Gasteiger partial charge in [0.15, 0.2) is 0 Å². The molecular weight excluding hydrogens is 284 g/mol. The third-order valence-corrected chi connectivity index (χ3v) is 5.19. The molecule has 0 saturated heterocycles. The standard InChI is InChI=1S/C20H24N2O/c1-22-19(11-8-17(20(22)23)13-21-18-9-10-18)16-7-6-14-4-2-3-5-15(14)12-16/h6-8,11-12,18,21H,2-5,9-10,13H2,1H3. The van der Waals surface area contributed by atoms with Gasteiger partial charge in [0.25, 0.3) is 5.56 Å². The molecule has 2 aromatic rings. The Bertz CT molecular complexity index is 787. The summed E-state index contributed by atoms with van der Waals surface area (Å²) in [6.07, 6.45) is 7.43. The lowest BCUT2D eigenvalue weighted by Gasteiger charge is -2.18. The van der Waals surface area contributed by atoms with Crippen LogP contribution in [0.4, 0.5) is 0 Å². The molecule has 0 atom stereocenters. The zero-order valence-corrected chi connectivity index (χ0v) is 13.8. The maximum atomic E-state index is 12.6. The Hall–Kier alpha value is -1.87. The Morgan fingerprint density at radius 1 is 1.09 bits per heavy atom. The van der Waals surface area contributed by atoms with Crippen molar-refractivity contribution >= 4 is 0 Å². The molecule has 2 aliphatic rings. The molecule has 0 aliphatic heterocycles. The number of aryl methyl sites for hydroxylation is 2. The summed E-state index contributed by atoms with van der Waals surface area (Å²) in [6.45, 7) is 0.682. The van der Waals surface area contributed by atoms with Crippen molar-refractivity contribution < 1.29 is 0 Å². The highest BCUT2D eigenvalue weighted by molar-refractivity contribution is 5.62. The Morgan fingerprint density at radius 2 is 1.87 bits per heavy atom. The van der Waals surface area contributed by atoms with Crippen molar-refractivity contribution in [3.05, 3.63) is 57.4 Å². The monoisotopic (exact) mass is 308 g/mol. The van der Waals surface area contributed by atoms with Crippen LogP contribution < -0.4 is 10.9 Å². The number of rotatable bonds is 4. The maximum absolute atomic E-state index is 12.6. The largest absolute Gasteiger partial charge is 0.311 e. The van der Waals surface area contributed by atoms with Crippen LogP contribution in [-0.4, -0.2) is 10.6 Å². The third kappa shape index (κ3) is 2.98. The number of benzene rings is 1. The van der Waals surface area contributed by atoms with Crippen molar-refractivity contribution in [3.8, 4) is 11.3 Å². The molecule has 4 rings (SSSR count). The van der Waals surface area contributed by atoms with Crippen molar-refractivity contribution in [2.45, 2.75) is 51.1 Å². The first-order valence-corrected chi connectivity index (χ1v) is 8.77. The Morgan fingerprint density at radius 3 is 2.65 bits per heavy atom. The van der Waals surface area contributed by atoms with Gasteiger partial charge in [0.1, 0.15) is 0 Å². The highest BCUT2D eigenvalue weighted by Crippen LogP contribution is 2.27. The van der Waals surface area contributed by atoms with Gasteiger partial charge in [-0.25, -0.2) is 0 Å². The molecule has 0 bridgehead atoms. The van der Waals surface area contributed by atoms with Crippen LogP contribution in [0.3, 0.4) is 0 Å². The van der Waals surface area contributed by atoms with Crippen molar-refractivity contribution in [1.29, 1.82) is 0 Å². The van der Waals surface area contributed by atoms with Gasteiger partial charge in [0.2, 0.25) is 0 Å². The fourth-order valence-electron chi connectivity index (χ4n) is 3.55. The minimum atomic E-state index is 0.119. The first-order chi connectivity index (χ1) is 11.2.